The molecule has 1 heteroatoms. The number of benzene rings is 1. The molecule has 1 unspecified atom stereocenters. The van der Waals surface area contributed by atoms with Crippen LogP contribution in [0.2, 0.25) is 0 Å². The molecule has 1 atom stereocenters. The van der Waals surface area contributed by atoms with E-state index in [9.17, 15) is 0 Å². The Balaban J connectivity index is 1.90. The third-order valence-electron chi connectivity index (χ3n) is 4.24. The van der Waals surface area contributed by atoms with Crippen molar-refractivity contribution in [2.45, 2.75) is 70.4 Å². The van der Waals surface area contributed by atoms with Crippen LogP contribution in [-0.4, -0.2) is 12.1 Å². The van der Waals surface area contributed by atoms with E-state index in [1.807, 2.05) is 0 Å². The van der Waals surface area contributed by atoms with Crippen LogP contribution >= 0.6 is 0 Å². The minimum atomic E-state index is 0.540. The van der Waals surface area contributed by atoms with Crippen molar-refractivity contribution in [2.75, 3.05) is 0 Å². The van der Waals surface area contributed by atoms with Crippen LogP contribution < -0.4 is 5.32 Å². The summed E-state index contributed by atoms with van der Waals surface area (Å²) in [6.45, 7) is 2.28. The van der Waals surface area contributed by atoms with Gasteiger partial charge in [0.25, 0.3) is 0 Å². The van der Waals surface area contributed by atoms with Gasteiger partial charge in [0.2, 0.25) is 0 Å². The van der Waals surface area contributed by atoms with Gasteiger partial charge < -0.3 is 5.32 Å². The highest BCUT2D eigenvalue weighted by atomic mass is 14.9. The summed E-state index contributed by atoms with van der Waals surface area (Å²) in [7, 11) is 0. The molecule has 1 aliphatic carbocycles. The Bertz CT molecular complexity index is 376. The summed E-state index contributed by atoms with van der Waals surface area (Å²) in [5.74, 6) is 0. The van der Waals surface area contributed by atoms with E-state index in [0.29, 0.717) is 6.04 Å². The molecule has 0 saturated heterocycles. The molecular weight excluding hydrogens is 242 g/mol. The molecular formula is C19H29N. The minimum absolute atomic E-state index is 0.540. The van der Waals surface area contributed by atoms with E-state index < -0.39 is 0 Å². The summed E-state index contributed by atoms with van der Waals surface area (Å²) in [5, 5.41) is 3.87. The van der Waals surface area contributed by atoms with E-state index >= 15 is 0 Å². The first-order chi connectivity index (χ1) is 9.88. The lowest BCUT2D eigenvalue weighted by Gasteiger charge is -2.27. The third-order valence-corrected chi connectivity index (χ3v) is 4.24. The molecule has 1 N–H and O–H groups in total. The van der Waals surface area contributed by atoms with Crippen LogP contribution in [-0.2, 0) is 0 Å². The fourth-order valence-corrected chi connectivity index (χ4v) is 3.02. The van der Waals surface area contributed by atoms with Crippen molar-refractivity contribution in [1.82, 2.24) is 5.32 Å². The number of rotatable bonds is 7. The maximum Gasteiger partial charge on any atom is 0.0255 e. The van der Waals surface area contributed by atoms with Gasteiger partial charge in [0.1, 0.15) is 0 Å². The lowest BCUT2D eigenvalue weighted by molar-refractivity contribution is 0.346. The Morgan fingerprint density at radius 1 is 1.15 bits per heavy atom. The number of nitrogens with one attached hydrogen (secondary N) is 1. The zero-order valence-electron chi connectivity index (χ0n) is 12.9. The number of hydrogen-bond acceptors (Lipinski definition) is 1. The molecule has 0 radical (unpaired) electrons. The Morgan fingerprint density at radius 3 is 2.60 bits per heavy atom. The molecule has 0 heterocycles. The summed E-state index contributed by atoms with van der Waals surface area (Å²) in [6.07, 6.45) is 15.5. The maximum absolute atomic E-state index is 3.87. The molecule has 0 aliphatic heterocycles. The van der Waals surface area contributed by atoms with E-state index in [0.717, 1.165) is 6.04 Å². The van der Waals surface area contributed by atoms with Gasteiger partial charge in [0.05, 0.1) is 0 Å². The molecule has 110 valence electrons. The van der Waals surface area contributed by atoms with Gasteiger partial charge in [-0.2, -0.15) is 0 Å². The van der Waals surface area contributed by atoms with Crippen LogP contribution in [0.1, 0.15) is 63.9 Å². The summed E-state index contributed by atoms with van der Waals surface area (Å²) in [6, 6.07) is 11.9. The summed E-state index contributed by atoms with van der Waals surface area (Å²) in [4.78, 5) is 0. The molecule has 1 aliphatic rings. The molecule has 0 aromatic heterocycles. The molecule has 20 heavy (non-hydrogen) atoms. The molecule has 1 nitrogen and oxygen atoms in total. The zero-order chi connectivity index (χ0) is 14.0. The molecule has 2 rings (SSSR count). The van der Waals surface area contributed by atoms with Gasteiger partial charge >= 0.3 is 0 Å². The monoisotopic (exact) mass is 271 g/mol. The Kier molecular flexibility index (Phi) is 6.86. The fourth-order valence-electron chi connectivity index (χ4n) is 3.02. The van der Waals surface area contributed by atoms with Crippen molar-refractivity contribution in [3.8, 4) is 0 Å². The predicted octanol–water partition coefficient (Wildman–Crippen LogP) is 5.18. The van der Waals surface area contributed by atoms with Gasteiger partial charge in [-0.3, -0.25) is 0 Å². The summed E-state index contributed by atoms with van der Waals surface area (Å²) >= 11 is 0. The standard InChI is InChI=1S/C19H29N/c1-2-3-12-19(20-18-13-8-5-9-14-18)16-15-17-10-6-4-7-11-17/h4,6-7,10-11,15-16,18-20H,2-3,5,8-9,12-14H2,1H3/b16-15+. The molecule has 0 spiro atoms. The van der Waals surface area contributed by atoms with Crippen LogP contribution in [0.4, 0.5) is 0 Å². The topological polar surface area (TPSA) is 12.0 Å². The molecule has 1 fully saturated rings. The van der Waals surface area contributed by atoms with Gasteiger partial charge in [-0.05, 0) is 24.8 Å². The van der Waals surface area contributed by atoms with Crippen molar-refractivity contribution >= 4 is 6.08 Å². The number of hydrogen-bond donors (Lipinski definition) is 1. The first-order valence-electron chi connectivity index (χ1n) is 8.38. The predicted molar refractivity (Wildman–Crippen MR) is 88.8 cm³/mol. The van der Waals surface area contributed by atoms with Crippen molar-refractivity contribution < 1.29 is 0 Å². The molecule has 1 aromatic carbocycles. The number of unbranched alkanes of at least 4 members (excludes halogenated alkanes) is 1. The smallest absolute Gasteiger partial charge is 0.0255 e. The van der Waals surface area contributed by atoms with E-state index in [-0.39, 0.29) is 0 Å². The van der Waals surface area contributed by atoms with E-state index in [4.69, 9.17) is 0 Å². The lowest BCUT2D eigenvalue weighted by atomic mass is 9.94. The third kappa shape index (κ3) is 5.50. The van der Waals surface area contributed by atoms with Gasteiger partial charge in [0, 0.05) is 12.1 Å². The quantitative estimate of drug-likeness (QED) is 0.720. The maximum atomic E-state index is 3.87. The van der Waals surface area contributed by atoms with Crippen molar-refractivity contribution in [1.29, 1.82) is 0 Å². The SMILES string of the molecule is CCCCC(/C=C/c1ccccc1)NC1CCCCC1. The minimum Gasteiger partial charge on any atom is -0.308 e. The second-order valence-corrected chi connectivity index (χ2v) is 6.02. The molecule has 1 saturated carbocycles. The van der Waals surface area contributed by atoms with Crippen LogP contribution in [0.25, 0.3) is 6.08 Å². The highest BCUT2D eigenvalue weighted by Crippen LogP contribution is 2.19. The zero-order valence-corrected chi connectivity index (χ0v) is 12.9. The van der Waals surface area contributed by atoms with Crippen LogP contribution in [0, 0.1) is 0 Å². The second kappa shape index (κ2) is 8.97. The van der Waals surface area contributed by atoms with E-state index in [1.165, 1.54) is 56.9 Å². The van der Waals surface area contributed by atoms with Crippen LogP contribution in [0.15, 0.2) is 36.4 Å². The fraction of sp³-hybridized carbons (Fsp3) is 0.579. The van der Waals surface area contributed by atoms with Gasteiger partial charge in [0.15, 0.2) is 0 Å². The highest BCUT2D eigenvalue weighted by molar-refractivity contribution is 5.49. The van der Waals surface area contributed by atoms with E-state index in [2.05, 4.69) is 54.7 Å². The first-order valence-corrected chi connectivity index (χ1v) is 8.38. The van der Waals surface area contributed by atoms with E-state index in [1.54, 1.807) is 0 Å². The van der Waals surface area contributed by atoms with Gasteiger partial charge in [-0.15, -0.1) is 0 Å². The van der Waals surface area contributed by atoms with Gasteiger partial charge in [-0.25, -0.2) is 0 Å². The van der Waals surface area contributed by atoms with Crippen LogP contribution in [0.3, 0.4) is 0 Å². The summed E-state index contributed by atoms with van der Waals surface area (Å²) < 4.78 is 0. The van der Waals surface area contributed by atoms with Crippen molar-refractivity contribution in [2.24, 2.45) is 0 Å². The lowest BCUT2D eigenvalue weighted by Crippen LogP contribution is -2.38. The first kappa shape index (κ1) is 15.3. The summed E-state index contributed by atoms with van der Waals surface area (Å²) in [5.41, 5.74) is 1.31. The van der Waals surface area contributed by atoms with Gasteiger partial charge in [-0.1, -0.05) is 81.5 Å². The normalized spacial score (nSPS) is 18.4. The Hall–Kier alpha value is -1.08. The highest BCUT2D eigenvalue weighted by Gasteiger charge is 2.15. The van der Waals surface area contributed by atoms with Crippen molar-refractivity contribution in [3.05, 3.63) is 42.0 Å². The second-order valence-electron chi connectivity index (χ2n) is 6.02. The molecule has 0 bridgehead atoms. The average molecular weight is 271 g/mol. The Morgan fingerprint density at radius 2 is 1.90 bits per heavy atom. The Labute approximate surface area is 124 Å². The van der Waals surface area contributed by atoms with Crippen molar-refractivity contribution in [3.63, 3.8) is 0 Å². The largest absolute Gasteiger partial charge is 0.308 e. The van der Waals surface area contributed by atoms with Crippen LogP contribution in [0.5, 0.6) is 0 Å². The molecule has 1 aromatic rings. The average Bonchev–Trinajstić information content (AvgIpc) is 2.52. The molecule has 0 amide bonds.